The molecule has 0 heterocycles. The third-order valence-corrected chi connectivity index (χ3v) is 3.86. The minimum absolute atomic E-state index is 0.200. The molecule has 0 spiro atoms. The van der Waals surface area contributed by atoms with Gasteiger partial charge in [0.1, 0.15) is 5.82 Å². The molecule has 1 aliphatic rings. The Labute approximate surface area is 108 Å². The zero-order valence-corrected chi connectivity index (χ0v) is 10.8. The van der Waals surface area contributed by atoms with Crippen molar-refractivity contribution < 1.29 is 9.13 Å². The van der Waals surface area contributed by atoms with Gasteiger partial charge in [-0.05, 0) is 48.9 Å². The molecule has 1 fully saturated rings. The lowest BCUT2D eigenvalue weighted by atomic mass is 9.80. The summed E-state index contributed by atoms with van der Waals surface area (Å²) in [4.78, 5) is 0. The van der Waals surface area contributed by atoms with Crippen molar-refractivity contribution in [3.63, 3.8) is 0 Å². The molecule has 100 valence electrons. The van der Waals surface area contributed by atoms with Gasteiger partial charge in [0.25, 0.3) is 0 Å². The van der Waals surface area contributed by atoms with E-state index in [9.17, 15) is 4.39 Å². The zero-order valence-electron chi connectivity index (χ0n) is 10.8. The lowest BCUT2D eigenvalue weighted by molar-refractivity contribution is 0.0511. The second kappa shape index (κ2) is 6.86. The third-order valence-electron chi connectivity index (χ3n) is 3.86. The molecule has 2 atom stereocenters. The van der Waals surface area contributed by atoms with E-state index >= 15 is 0 Å². The smallest absolute Gasteiger partial charge is 0.123 e. The highest BCUT2D eigenvalue weighted by atomic mass is 19.1. The molecule has 1 aliphatic carbocycles. The maximum atomic E-state index is 13.0. The number of nitrogens with two attached hydrogens (primary N) is 1. The second-order valence-corrected chi connectivity index (χ2v) is 5.19. The fourth-order valence-electron chi connectivity index (χ4n) is 2.77. The Morgan fingerprint density at radius 2 is 2.00 bits per heavy atom. The lowest BCUT2D eigenvalue weighted by Gasteiger charge is -2.30. The van der Waals surface area contributed by atoms with Crippen LogP contribution in [0.3, 0.4) is 0 Å². The summed E-state index contributed by atoms with van der Waals surface area (Å²) < 4.78 is 18.7. The van der Waals surface area contributed by atoms with E-state index in [1.54, 1.807) is 6.07 Å². The molecule has 2 unspecified atom stereocenters. The summed E-state index contributed by atoms with van der Waals surface area (Å²) in [6.07, 6.45) is 5.02. The second-order valence-electron chi connectivity index (χ2n) is 5.19. The summed E-state index contributed by atoms with van der Waals surface area (Å²) >= 11 is 0. The fraction of sp³-hybridized carbons (Fsp3) is 0.600. The van der Waals surface area contributed by atoms with Gasteiger partial charge >= 0.3 is 0 Å². The van der Waals surface area contributed by atoms with Crippen LogP contribution < -0.4 is 5.73 Å². The zero-order chi connectivity index (χ0) is 12.8. The molecule has 1 saturated carbocycles. The minimum atomic E-state index is -0.200. The van der Waals surface area contributed by atoms with Crippen LogP contribution in [-0.2, 0) is 11.3 Å². The van der Waals surface area contributed by atoms with Gasteiger partial charge in [0.05, 0.1) is 13.2 Å². The average Bonchev–Trinajstić information content (AvgIpc) is 2.39. The first kappa shape index (κ1) is 13.5. The van der Waals surface area contributed by atoms with Crippen LogP contribution in [0.5, 0.6) is 0 Å². The van der Waals surface area contributed by atoms with Crippen molar-refractivity contribution >= 4 is 0 Å². The molecule has 1 aromatic rings. The van der Waals surface area contributed by atoms with Gasteiger partial charge in [-0.3, -0.25) is 0 Å². The highest BCUT2D eigenvalue weighted by Gasteiger charge is 2.23. The molecule has 0 amide bonds. The molecule has 0 aromatic heterocycles. The van der Waals surface area contributed by atoms with E-state index in [-0.39, 0.29) is 5.82 Å². The Morgan fingerprint density at radius 1 is 1.22 bits per heavy atom. The van der Waals surface area contributed by atoms with Gasteiger partial charge < -0.3 is 10.5 Å². The summed E-state index contributed by atoms with van der Waals surface area (Å²) in [5.74, 6) is 0.983. The van der Waals surface area contributed by atoms with E-state index in [0.717, 1.165) is 18.7 Å². The van der Waals surface area contributed by atoms with E-state index < -0.39 is 0 Å². The Bertz CT molecular complexity index is 369. The standard InChI is InChI=1S/C15H22FNO/c16-15-7-3-4-12(8-15)10-18-11-14-6-2-1-5-13(14)9-17/h3-4,7-8,13-14H,1-2,5-6,9-11,17H2. The fourth-order valence-corrected chi connectivity index (χ4v) is 2.77. The van der Waals surface area contributed by atoms with Crippen LogP contribution in [0.2, 0.25) is 0 Å². The van der Waals surface area contributed by atoms with Crippen LogP contribution in [0.4, 0.5) is 4.39 Å². The first-order valence-electron chi connectivity index (χ1n) is 6.82. The predicted molar refractivity (Wildman–Crippen MR) is 70.6 cm³/mol. The van der Waals surface area contributed by atoms with Gasteiger partial charge in [-0.2, -0.15) is 0 Å². The van der Waals surface area contributed by atoms with Crippen molar-refractivity contribution in [1.82, 2.24) is 0 Å². The molecule has 1 aromatic carbocycles. The topological polar surface area (TPSA) is 35.2 Å². The van der Waals surface area contributed by atoms with E-state index in [1.807, 2.05) is 6.07 Å². The highest BCUT2D eigenvalue weighted by molar-refractivity contribution is 5.15. The van der Waals surface area contributed by atoms with Gasteiger partial charge in [0.15, 0.2) is 0 Å². The summed E-state index contributed by atoms with van der Waals surface area (Å²) in [5.41, 5.74) is 6.69. The molecule has 0 bridgehead atoms. The van der Waals surface area contributed by atoms with E-state index in [1.165, 1.54) is 37.8 Å². The minimum Gasteiger partial charge on any atom is -0.376 e. The molecule has 2 rings (SSSR count). The molecule has 0 aliphatic heterocycles. The average molecular weight is 251 g/mol. The van der Waals surface area contributed by atoms with E-state index in [4.69, 9.17) is 10.5 Å². The lowest BCUT2D eigenvalue weighted by Crippen LogP contribution is -2.29. The van der Waals surface area contributed by atoms with Crippen LogP contribution in [0.1, 0.15) is 31.2 Å². The Balaban J connectivity index is 1.77. The van der Waals surface area contributed by atoms with Crippen LogP contribution in [0, 0.1) is 17.7 Å². The molecule has 3 heteroatoms. The Morgan fingerprint density at radius 3 is 2.72 bits per heavy atom. The molecule has 0 radical (unpaired) electrons. The van der Waals surface area contributed by atoms with E-state index in [2.05, 4.69) is 0 Å². The summed E-state index contributed by atoms with van der Waals surface area (Å²) in [6, 6.07) is 6.60. The van der Waals surface area contributed by atoms with Crippen LogP contribution in [-0.4, -0.2) is 13.2 Å². The van der Waals surface area contributed by atoms with Gasteiger partial charge in [-0.15, -0.1) is 0 Å². The SMILES string of the molecule is NCC1CCCCC1COCc1cccc(F)c1. The van der Waals surface area contributed by atoms with Crippen molar-refractivity contribution in [2.45, 2.75) is 32.3 Å². The maximum absolute atomic E-state index is 13.0. The number of rotatable bonds is 5. The van der Waals surface area contributed by atoms with Crippen molar-refractivity contribution in [3.8, 4) is 0 Å². The Hall–Kier alpha value is -0.930. The normalized spacial score (nSPS) is 24.1. The number of hydrogen-bond acceptors (Lipinski definition) is 2. The third kappa shape index (κ3) is 3.79. The number of benzene rings is 1. The predicted octanol–water partition coefficient (Wildman–Crippen LogP) is 3.11. The monoisotopic (exact) mass is 251 g/mol. The molecular weight excluding hydrogens is 229 g/mol. The molecular formula is C15H22FNO. The molecule has 2 nitrogen and oxygen atoms in total. The van der Waals surface area contributed by atoms with Gasteiger partial charge in [-0.25, -0.2) is 4.39 Å². The molecule has 2 N–H and O–H groups in total. The molecule has 0 saturated heterocycles. The van der Waals surface area contributed by atoms with Gasteiger partial charge in [0.2, 0.25) is 0 Å². The van der Waals surface area contributed by atoms with Crippen molar-refractivity contribution in [1.29, 1.82) is 0 Å². The summed E-state index contributed by atoms with van der Waals surface area (Å²) in [6.45, 7) is 2.00. The van der Waals surface area contributed by atoms with Gasteiger partial charge in [0, 0.05) is 0 Å². The first-order valence-corrected chi connectivity index (χ1v) is 6.82. The van der Waals surface area contributed by atoms with E-state index in [0.29, 0.717) is 18.4 Å². The van der Waals surface area contributed by atoms with Gasteiger partial charge in [-0.1, -0.05) is 25.0 Å². The number of hydrogen-bond donors (Lipinski definition) is 1. The van der Waals surface area contributed by atoms with Crippen LogP contribution in [0.25, 0.3) is 0 Å². The number of halogens is 1. The number of ether oxygens (including phenoxy) is 1. The largest absolute Gasteiger partial charge is 0.376 e. The van der Waals surface area contributed by atoms with Crippen molar-refractivity contribution in [2.24, 2.45) is 17.6 Å². The first-order chi connectivity index (χ1) is 8.79. The van der Waals surface area contributed by atoms with Crippen molar-refractivity contribution in [3.05, 3.63) is 35.6 Å². The highest BCUT2D eigenvalue weighted by Crippen LogP contribution is 2.29. The van der Waals surface area contributed by atoms with Crippen molar-refractivity contribution in [2.75, 3.05) is 13.2 Å². The van der Waals surface area contributed by atoms with Crippen LogP contribution >= 0.6 is 0 Å². The Kier molecular flexibility index (Phi) is 5.14. The quantitative estimate of drug-likeness (QED) is 0.872. The maximum Gasteiger partial charge on any atom is 0.123 e. The summed E-state index contributed by atoms with van der Waals surface area (Å²) in [7, 11) is 0. The van der Waals surface area contributed by atoms with Crippen LogP contribution in [0.15, 0.2) is 24.3 Å². The molecule has 18 heavy (non-hydrogen) atoms. The summed E-state index contributed by atoms with van der Waals surface area (Å²) in [5, 5.41) is 0.